The van der Waals surface area contributed by atoms with Crippen LogP contribution in [0.2, 0.25) is 0 Å². The number of rotatable bonds is 1. The van der Waals surface area contributed by atoms with Gasteiger partial charge in [-0.25, -0.2) is 19.5 Å². The van der Waals surface area contributed by atoms with Crippen molar-refractivity contribution in [3.8, 4) is 11.3 Å². The molecule has 1 aliphatic rings. The van der Waals surface area contributed by atoms with Crippen LogP contribution in [-0.4, -0.2) is 24.6 Å². The van der Waals surface area contributed by atoms with Gasteiger partial charge in [0.2, 0.25) is 0 Å². The molecule has 5 aromatic rings. The highest BCUT2D eigenvalue weighted by Gasteiger charge is 2.24. The fourth-order valence-electron chi connectivity index (χ4n) is 3.93. The Morgan fingerprint density at radius 2 is 1.88 bits per heavy atom. The molecule has 1 aliphatic carbocycles. The third kappa shape index (κ3) is 1.77. The van der Waals surface area contributed by atoms with Gasteiger partial charge in [0.1, 0.15) is 22.2 Å². The van der Waals surface area contributed by atoms with E-state index in [4.69, 9.17) is 4.98 Å². The fourth-order valence-corrected chi connectivity index (χ4v) is 5.07. The summed E-state index contributed by atoms with van der Waals surface area (Å²) in [6.07, 6.45) is 6.70. The molecular formula is C19H13N5S. The van der Waals surface area contributed by atoms with E-state index in [1.165, 1.54) is 28.5 Å². The first-order valence-electron chi connectivity index (χ1n) is 8.38. The van der Waals surface area contributed by atoms with Crippen LogP contribution in [0.5, 0.6) is 0 Å². The minimum absolute atomic E-state index is 0.862. The molecule has 0 radical (unpaired) electrons. The summed E-state index contributed by atoms with van der Waals surface area (Å²) in [6.45, 7) is 0. The number of thiophene rings is 1. The number of benzene rings is 1. The van der Waals surface area contributed by atoms with Gasteiger partial charge >= 0.3 is 0 Å². The van der Waals surface area contributed by atoms with Gasteiger partial charge in [-0.3, -0.25) is 0 Å². The molecule has 0 saturated heterocycles. The van der Waals surface area contributed by atoms with Gasteiger partial charge in [0.25, 0.3) is 0 Å². The Labute approximate surface area is 147 Å². The van der Waals surface area contributed by atoms with Crippen molar-refractivity contribution in [2.75, 3.05) is 0 Å². The lowest BCUT2D eigenvalue weighted by Crippen LogP contribution is -1.94. The Kier molecular flexibility index (Phi) is 2.59. The normalized spacial score (nSPS) is 13.9. The molecule has 0 atom stereocenters. The van der Waals surface area contributed by atoms with E-state index in [0.717, 1.165) is 39.2 Å². The van der Waals surface area contributed by atoms with E-state index in [1.54, 1.807) is 28.5 Å². The molecule has 5 nitrogen and oxygen atoms in total. The average Bonchev–Trinajstić information content (AvgIpc) is 3.37. The third-order valence-electron chi connectivity index (χ3n) is 5.00. The van der Waals surface area contributed by atoms with E-state index >= 15 is 0 Å². The Hall–Kier alpha value is -2.86. The first-order valence-corrected chi connectivity index (χ1v) is 9.19. The number of aryl methyl sites for hydroxylation is 1. The lowest BCUT2D eigenvalue weighted by atomic mass is 10.0. The van der Waals surface area contributed by atoms with Crippen molar-refractivity contribution in [2.24, 2.45) is 0 Å². The Balaban J connectivity index is 1.78. The second-order valence-electron chi connectivity index (χ2n) is 6.37. The maximum Gasteiger partial charge on any atom is 0.176 e. The average molecular weight is 343 g/mol. The lowest BCUT2D eigenvalue weighted by Gasteiger charge is -2.09. The minimum atomic E-state index is 0.862. The minimum Gasteiger partial charge on any atom is -0.236 e. The molecule has 0 bridgehead atoms. The van der Waals surface area contributed by atoms with Gasteiger partial charge in [0.15, 0.2) is 5.65 Å². The molecular weight excluding hydrogens is 330 g/mol. The first kappa shape index (κ1) is 13.4. The predicted octanol–water partition coefficient (Wildman–Crippen LogP) is 4.04. The molecule has 1 aromatic carbocycles. The zero-order chi connectivity index (χ0) is 16.4. The SMILES string of the molecule is c1ccc(-c2nc3sc4c(ncn5ncnc45)c3c3c2CCC3)cc1. The van der Waals surface area contributed by atoms with Crippen molar-refractivity contribution in [3.63, 3.8) is 0 Å². The van der Waals surface area contributed by atoms with E-state index in [1.807, 2.05) is 6.07 Å². The summed E-state index contributed by atoms with van der Waals surface area (Å²) in [5.74, 6) is 0. The third-order valence-corrected chi connectivity index (χ3v) is 6.07. The van der Waals surface area contributed by atoms with E-state index in [-0.39, 0.29) is 0 Å². The van der Waals surface area contributed by atoms with Gasteiger partial charge in [0, 0.05) is 10.9 Å². The van der Waals surface area contributed by atoms with Crippen LogP contribution < -0.4 is 0 Å². The molecule has 0 unspecified atom stereocenters. The van der Waals surface area contributed by atoms with Crippen molar-refractivity contribution in [3.05, 3.63) is 54.1 Å². The molecule has 0 N–H and O–H groups in total. The summed E-state index contributed by atoms with van der Waals surface area (Å²) in [4.78, 5) is 15.2. The van der Waals surface area contributed by atoms with Gasteiger partial charge in [-0.05, 0) is 30.4 Å². The van der Waals surface area contributed by atoms with Gasteiger partial charge in [-0.2, -0.15) is 5.10 Å². The fraction of sp³-hybridized carbons (Fsp3) is 0.158. The highest BCUT2D eigenvalue weighted by atomic mass is 32.1. The topological polar surface area (TPSA) is 56.0 Å². The van der Waals surface area contributed by atoms with E-state index in [0.29, 0.717) is 0 Å². The molecule has 0 saturated carbocycles. The van der Waals surface area contributed by atoms with E-state index < -0.39 is 0 Å². The molecule has 0 amide bonds. The second kappa shape index (κ2) is 4.83. The Bertz CT molecular complexity index is 1270. The molecule has 0 spiro atoms. The second-order valence-corrected chi connectivity index (χ2v) is 7.37. The largest absolute Gasteiger partial charge is 0.236 e. The van der Waals surface area contributed by atoms with Crippen molar-refractivity contribution in [1.82, 2.24) is 24.6 Å². The zero-order valence-electron chi connectivity index (χ0n) is 13.3. The number of aromatic nitrogens is 5. The van der Waals surface area contributed by atoms with Crippen molar-refractivity contribution in [2.45, 2.75) is 19.3 Å². The van der Waals surface area contributed by atoms with Crippen molar-refractivity contribution < 1.29 is 0 Å². The van der Waals surface area contributed by atoms with Gasteiger partial charge < -0.3 is 0 Å². The number of pyridine rings is 1. The van der Waals surface area contributed by atoms with Crippen LogP contribution in [0.1, 0.15) is 17.5 Å². The molecule has 120 valence electrons. The quantitative estimate of drug-likeness (QED) is 0.461. The highest BCUT2D eigenvalue weighted by molar-refractivity contribution is 7.26. The summed E-state index contributed by atoms with van der Waals surface area (Å²) in [6, 6.07) is 10.5. The summed E-state index contributed by atoms with van der Waals surface area (Å²) in [7, 11) is 0. The smallest absolute Gasteiger partial charge is 0.176 e. The maximum absolute atomic E-state index is 5.07. The van der Waals surface area contributed by atoms with Crippen molar-refractivity contribution >= 4 is 37.4 Å². The summed E-state index contributed by atoms with van der Waals surface area (Å²) < 4.78 is 2.80. The predicted molar refractivity (Wildman–Crippen MR) is 98.9 cm³/mol. The number of fused-ring (bicyclic) bond motifs is 7. The first-order chi connectivity index (χ1) is 12.4. The summed E-state index contributed by atoms with van der Waals surface area (Å²) >= 11 is 1.67. The monoisotopic (exact) mass is 343 g/mol. The van der Waals surface area contributed by atoms with Crippen LogP contribution in [0, 0.1) is 0 Å². The van der Waals surface area contributed by atoms with Crippen LogP contribution in [0.25, 0.3) is 37.3 Å². The summed E-state index contributed by atoms with van der Waals surface area (Å²) in [5.41, 5.74) is 7.02. The standard InChI is InChI=1S/C19H13N5S/c1-2-5-11(6-3-1)15-13-8-4-7-12(13)14-16-17(25-19(14)23-15)18-20-9-22-24(18)10-21-16/h1-3,5-6,9-10H,4,7-8H2. The molecule has 4 aromatic heterocycles. The van der Waals surface area contributed by atoms with Crippen LogP contribution in [0.3, 0.4) is 0 Å². The molecule has 0 fully saturated rings. The highest BCUT2D eigenvalue weighted by Crippen LogP contribution is 2.42. The van der Waals surface area contributed by atoms with Crippen LogP contribution >= 0.6 is 11.3 Å². The Morgan fingerprint density at radius 1 is 1.00 bits per heavy atom. The molecule has 6 heteroatoms. The lowest BCUT2D eigenvalue weighted by molar-refractivity contribution is 0.913. The van der Waals surface area contributed by atoms with Crippen LogP contribution in [-0.2, 0) is 12.8 Å². The Morgan fingerprint density at radius 3 is 2.80 bits per heavy atom. The summed E-state index contributed by atoms with van der Waals surface area (Å²) in [5, 5.41) is 5.43. The molecule has 0 aliphatic heterocycles. The molecule has 4 heterocycles. The van der Waals surface area contributed by atoms with Gasteiger partial charge in [-0.15, -0.1) is 11.3 Å². The van der Waals surface area contributed by atoms with Gasteiger partial charge in [0.05, 0.1) is 11.2 Å². The number of hydrogen-bond donors (Lipinski definition) is 0. The van der Waals surface area contributed by atoms with Crippen molar-refractivity contribution in [1.29, 1.82) is 0 Å². The van der Waals surface area contributed by atoms with Gasteiger partial charge in [-0.1, -0.05) is 30.3 Å². The number of nitrogens with zero attached hydrogens (tertiary/aromatic N) is 5. The molecule has 25 heavy (non-hydrogen) atoms. The van der Waals surface area contributed by atoms with Crippen LogP contribution in [0.4, 0.5) is 0 Å². The van der Waals surface area contributed by atoms with E-state index in [2.05, 4.69) is 39.3 Å². The zero-order valence-corrected chi connectivity index (χ0v) is 14.1. The molecule has 6 rings (SSSR count). The number of hydrogen-bond acceptors (Lipinski definition) is 5. The van der Waals surface area contributed by atoms with E-state index in [9.17, 15) is 0 Å². The maximum atomic E-state index is 5.07. The van der Waals surface area contributed by atoms with Crippen LogP contribution in [0.15, 0.2) is 43.0 Å².